The Bertz CT molecular complexity index is 664. The summed E-state index contributed by atoms with van der Waals surface area (Å²) in [5.41, 5.74) is 2.51. The number of nitrogens with one attached hydrogen (secondary N) is 1. The summed E-state index contributed by atoms with van der Waals surface area (Å²) < 4.78 is 0. The molecule has 0 amide bonds. The van der Waals surface area contributed by atoms with Crippen LogP contribution in [-0.2, 0) is 0 Å². The maximum atomic E-state index is 12.8. The van der Waals surface area contributed by atoms with Gasteiger partial charge in [-0.05, 0) is 25.5 Å². The van der Waals surface area contributed by atoms with Crippen molar-refractivity contribution in [2.24, 2.45) is 0 Å². The van der Waals surface area contributed by atoms with E-state index in [0.29, 0.717) is 16.9 Å². The van der Waals surface area contributed by atoms with E-state index in [9.17, 15) is 4.79 Å². The molecular formula is C23H32N2O. The van der Waals surface area contributed by atoms with E-state index in [2.05, 4.69) is 17.2 Å². The predicted octanol–water partition coefficient (Wildman–Crippen LogP) is 6.17. The number of hydrogen-bond acceptors (Lipinski definition) is 3. The number of pyridine rings is 1. The predicted molar refractivity (Wildman–Crippen MR) is 110 cm³/mol. The first-order valence-electron chi connectivity index (χ1n) is 10.0. The van der Waals surface area contributed by atoms with Crippen LogP contribution in [0, 0.1) is 6.92 Å². The number of rotatable bonds is 12. The maximum Gasteiger partial charge on any atom is 0.196 e. The molecule has 2 rings (SSSR count). The standard InChI is InChI=1S/C23H32N2O/c1-3-4-5-6-7-8-9-10-17-24-23-21(12-11-18-25-23)22(26)20-15-13-19(2)14-16-20/h11-16,18H,3-10,17H2,1-2H3,(H,24,25). The summed E-state index contributed by atoms with van der Waals surface area (Å²) in [4.78, 5) is 17.1. The molecule has 0 radical (unpaired) electrons. The maximum absolute atomic E-state index is 12.8. The number of anilines is 1. The number of benzene rings is 1. The van der Waals surface area contributed by atoms with Crippen LogP contribution in [0.5, 0.6) is 0 Å². The smallest absolute Gasteiger partial charge is 0.196 e. The van der Waals surface area contributed by atoms with Crippen molar-refractivity contribution in [3.05, 3.63) is 59.3 Å². The van der Waals surface area contributed by atoms with Crippen molar-refractivity contribution in [2.45, 2.75) is 65.2 Å². The molecule has 26 heavy (non-hydrogen) atoms. The minimum Gasteiger partial charge on any atom is -0.369 e. The number of carbonyl (C=O) groups excluding carboxylic acids is 1. The van der Waals surface area contributed by atoms with E-state index in [1.807, 2.05) is 43.3 Å². The SMILES string of the molecule is CCCCCCCCCCNc1ncccc1C(=O)c1ccc(C)cc1. The number of unbranched alkanes of at least 4 members (excludes halogenated alkanes) is 7. The molecular weight excluding hydrogens is 320 g/mol. The Kier molecular flexibility index (Phi) is 8.88. The fourth-order valence-corrected chi connectivity index (χ4v) is 3.06. The van der Waals surface area contributed by atoms with Gasteiger partial charge in [-0.15, -0.1) is 0 Å². The van der Waals surface area contributed by atoms with Crippen molar-refractivity contribution in [1.29, 1.82) is 0 Å². The second-order valence-corrected chi connectivity index (χ2v) is 7.00. The van der Waals surface area contributed by atoms with Crippen molar-refractivity contribution in [3.63, 3.8) is 0 Å². The van der Waals surface area contributed by atoms with Gasteiger partial charge in [-0.25, -0.2) is 4.98 Å². The summed E-state index contributed by atoms with van der Waals surface area (Å²) in [5, 5.41) is 3.35. The van der Waals surface area contributed by atoms with E-state index in [4.69, 9.17) is 0 Å². The van der Waals surface area contributed by atoms with Crippen LogP contribution >= 0.6 is 0 Å². The molecule has 3 heteroatoms. The molecule has 0 aliphatic rings. The largest absolute Gasteiger partial charge is 0.369 e. The molecule has 1 heterocycles. The first-order valence-corrected chi connectivity index (χ1v) is 10.0. The molecule has 2 aromatic rings. The lowest BCUT2D eigenvalue weighted by Gasteiger charge is -2.10. The molecule has 0 atom stereocenters. The number of aromatic nitrogens is 1. The minimum atomic E-state index is 0.0246. The normalized spacial score (nSPS) is 10.7. The van der Waals surface area contributed by atoms with Crippen molar-refractivity contribution in [1.82, 2.24) is 4.98 Å². The molecule has 140 valence electrons. The summed E-state index contributed by atoms with van der Waals surface area (Å²) in [6.07, 6.45) is 12.1. The number of hydrogen-bond donors (Lipinski definition) is 1. The van der Waals surface area contributed by atoms with Gasteiger partial charge in [-0.1, -0.05) is 81.7 Å². The highest BCUT2D eigenvalue weighted by atomic mass is 16.1. The molecule has 0 bridgehead atoms. The van der Waals surface area contributed by atoms with Crippen LogP contribution in [0.3, 0.4) is 0 Å². The lowest BCUT2D eigenvalue weighted by atomic mass is 10.0. The van der Waals surface area contributed by atoms with Crippen molar-refractivity contribution < 1.29 is 4.79 Å². The van der Waals surface area contributed by atoms with Crippen LogP contribution in [0.4, 0.5) is 5.82 Å². The molecule has 0 aliphatic carbocycles. The molecule has 0 aliphatic heterocycles. The number of nitrogens with zero attached hydrogens (tertiary/aromatic N) is 1. The van der Waals surface area contributed by atoms with E-state index in [0.717, 1.165) is 18.5 Å². The van der Waals surface area contributed by atoms with Crippen LogP contribution in [0.15, 0.2) is 42.6 Å². The molecule has 3 nitrogen and oxygen atoms in total. The monoisotopic (exact) mass is 352 g/mol. The Labute approximate surface area is 158 Å². The first-order chi connectivity index (χ1) is 12.7. The summed E-state index contributed by atoms with van der Waals surface area (Å²) in [6, 6.07) is 11.4. The molecule has 0 saturated carbocycles. The molecule has 0 unspecified atom stereocenters. The zero-order valence-corrected chi connectivity index (χ0v) is 16.3. The Morgan fingerprint density at radius 3 is 2.27 bits per heavy atom. The number of ketones is 1. The van der Waals surface area contributed by atoms with Crippen LogP contribution < -0.4 is 5.32 Å². The van der Waals surface area contributed by atoms with Gasteiger partial charge in [0.15, 0.2) is 5.78 Å². The number of aryl methyl sites for hydroxylation is 1. The third kappa shape index (κ3) is 6.62. The lowest BCUT2D eigenvalue weighted by molar-refractivity contribution is 0.103. The van der Waals surface area contributed by atoms with E-state index < -0.39 is 0 Å². The second kappa shape index (κ2) is 11.5. The van der Waals surface area contributed by atoms with Gasteiger partial charge >= 0.3 is 0 Å². The highest BCUT2D eigenvalue weighted by Crippen LogP contribution is 2.18. The summed E-state index contributed by atoms with van der Waals surface area (Å²) >= 11 is 0. The van der Waals surface area contributed by atoms with Gasteiger partial charge in [0.05, 0.1) is 5.56 Å². The topological polar surface area (TPSA) is 42.0 Å². The van der Waals surface area contributed by atoms with Crippen LogP contribution in [0.2, 0.25) is 0 Å². The van der Waals surface area contributed by atoms with Crippen molar-refractivity contribution in [3.8, 4) is 0 Å². The zero-order chi connectivity index (χ0) is 18.6. The Morgan fingerprint density at radius 2 is 1.58 bits per heavy atom. The van der Waals surface area contributed by atoms with Crippen LogP contribution in [0.1, 0.15) is 79.8 Å². The molecule has 1 N–H and O–H groups in total. The molecule has 1 aromatic carbocycles. The molecule has 0 fully saturated rings. The third-order valence-electron chi connectivity index (χ3n) is 4.69. The summed E-state index contributed by atoms with van der Waals surface area (Å²) in [7, 11) is 0. The fraction of sp³-hybridized carbons (Fsp3) is 0.478. The quantitative estimate of drug-likeness (QED) is 0.367. The highest BCUT2D eigenvalue weighted by molar-refractivity contribution is 6.11. The Balaban J connectivity index is 1.80. The van der Waals surface area contributed by atoms with Gasteiger partial charge in [0.25, 0.3) is 0 Å². The van der Waals surface area contributed by atoms with E-state index in [1.54, 1.807) is 6.20 Å². The Morgan fingerprint density at radius 1 is 0.923 bits per heavy atom. The van der Waals surface area contributed by atoms with Crippen LogP contribution in [0.25, 0.3) is 0 Å². The van der Waals surface area contributed by atoms with Crippen molar-refractivity contribution >= 4 is 11.6 Å². The summed E-state index contributed by atoms with van der Waals surface area (Å²) in [5.74, 6) is 0.720. The van der Waals surface area contributed by atoms with Crippen LogP contribution in [-0.4, -0.2) is 17.3 Å². The van der Waals surface area contributed by atoms with Gasteiger partial charge in [-0.3, -0.25) is 4.79 Å². The highest BCUT2D eigenvalue weighted by Gasteiger charge is 2.14. The second-order valence-electron chi connectivity index (χ2n) is 7.00. The lowest BCUT2D eigenvalue weighted by Crippen LogP contribution is -2.10. The third-order valence-corrected chi connectivity index (χ3v) is 4.69. The average Bonchev–Trinajstić information content (AvgIpc) is 2.67. The fourth-order valence-electron chi connectivity index (χ4n) is 3.06. The average molecular weight is 353 g/mol. The van der Waals surface area contributed by atoms with Gasteiger partial charge in [-0.2, -0.15) is 0 Å². The molecule has 1 aromatic heterocycles. The van der Waals surface area contributed by atoms with E-state index in [1.165, 1.54) is 44.9 Å². The van der Waals surface area contributed by atoms with E-state index in [-0.39, 0.29) is 5.78 Å². The first kappa shape index (κ1) is 20.2. The molecule has 0 saturated heterocycles. The molecule has 0 spiro atoms. The van der Waals surface area contributed by atoms with E-state index >= 15 is 0 Å². The minimum absolute atomic E-state index is 0.0246. The van der Waals surface area contributed by atoms with Gasteiger partial charge in [0, 0.05) is 18.3 Å². The number of carbonyl (C=O) groups is 1. The Hall–Kier alpha value is -2.16. The van der Waals surface area contributed by atoms with Gasteiger partial charge in [0.1, 0.15) is 5.82 Å². The van der Waals surface area contributed by atoms with Gasteiger partial charge < -0.3 is 5.32 Å². The summed E-state index contributed by atoms with van der Waals surface area (Å²) in [6.45, 7) is 5.14. The van der Waals surface area contributed by atoms with Crippen molar-refractivity contribution in [2.75, 3.05) is 11.9 Å². The van der Waals surface area contributed by atoms with Gasteiger partial charge in [0.2, 0.25) is 0 Å². The zero-order valence-electron chi connectivity index (χ0n) is 16.3.